The van der Waals surface area contributed by atoms with Crippen molar-refractivity contribution < 1.29 is 9.90 Å². The summed E-state index contributed by atoms with van der Waals surface area (Å²) in [5.74, 6) is -0.844. The van der Waals surface area contributed by atoms with Gasteiger partial charge >= 0.3 is 5.97 Å². The third-order valence-electron chi connectivity index (χ3n) is 3.17. The van der Waals surface area contributed by atoms with E-state index in [0.29, 0.717) is 0 Å². The number of nitroso groups, excluding NO2 is 1. The maximum absolute atomic E-state index is 10.7. The van der Waals surface area contributed by atoms with E-state index in [1.807, 2.05) is 42.5 Å². The number of carboxylic acid groups (broad SMARTS) is 1. The first kappa shape index (κ1) is 13.9. The lowest BCUT2D eigenvalue weighted by Crippen LogP contribution is -1.99. The van der Waals surface area contributed by atoms with Gasteiger partial charge in [-0.25, -0.2) is 0 Å². The van der Waals surface area contributed by atoms with E-state index in [1.54, 1.807) is 13.0 Å². The Morgan fingerprint density at radius 3 is 2.45 bits per heavy atom. The fourth-order valence-corrected chi connectivity index (χ4v) is 2.05. The largest absolute Gasteiger partial charge is 0.481 e. The predicted octanol–water partition coefficient (Wildman–Crippen LogP) is 3.81. The molecule has 0 fully saturated rings. The van der Waals surface area contributed by atoms with Crippen LogP contribution in [-0.2, 0) is 11.2 Å². The zero-order chi connectivity index (χ0) is 14.5. The summed E-state index contributed by atoms with van der Waals surface area (Å²) in [5.41, 5.74) is 3.58. The molecule has 0 bridgehead atoms. The predicted molar refractivity (Wildman–Crippen MR) is 77.4 cm³/mol. The van der Waals surface area contributed by atoms with E-state index < -0.39 is 5.97 Å². The lowest BCUT2D eigenvalue weighted by molar-refractivity contribution is -0.136. The van der Waals surface area contributed by atoms with Crippen LogP contribution >= 0.6 is 0 Å². The van der Waals surface area contributed by atoms with Crippen LogP contribution in [0.15, 0.2) is 53.7 Å². The molecule has 1 N–H and O–H groups in total. The Bertz CT molecular complexity index is 620. The Balaban J connectivity index is 2.27. The number of benzene rings is 2. The van der Waals surface area contributed by atoms with E-state index in [-0.39, 0.29) is 12.5 Å². The van der Waals surface area contributed by atoms with Gasteiger partial charge in [-0.15, -0.1) is 0 Å². The van der Waals surface area contributed by atoms with Crippen molar-refractivity contribution in [1.82, 2.24) is 0 Å². The van der Waals surface area contributed by atoms with Crippen molar-refractivity contribution in [2.24, 2.45) is 5.18 Å². The molecule has 4 nitrogen and oxygen atoms in total. The number of aliphatic carboxylic acids is 1. The van der Waals surface area contributed by atoms with Crippen LogP contribution in [0.4, 0.5) is 0 Å². The average molecular weight is 269 g/mol. The quantitative estimate of drug-likeness (QED) is 0.839. The van der Waals surface area contributed by atoms with Gasteiger partial charge < -0.3 is 5.11 Å². The highest BCUT2D eigenvalue weighted by Crippen LogP contribution is 2.24. The van der Waals surface area contributed by atoms with Gasteiger partial charge in [0.25, 0.3) is 0 Å². The summed E-state index contributed by atoms with van der Waals surface area (Å²) in [6.45, 7) is 1.75. The summed E-state index contributed by atoms with van der Waals surface area (Å²) in [4.78, 5) is 21.2. The van der Waals surface area contributed by atoms with Crippen LogP contribution in [0.1, 0.15) is 24.1 Å². The molecule has 0 aliphatic heterocycles. The number of rotatable bonds is 5. The van der Waals surface area contributed by atoms with Gasteiger partial charge in [-0.1, -0.05) is 53.7 Å². The zero-order valence-corrected chi connectivity index (χ0v) is 11.1. The Morgan fingerprint density at radius 1 is 1.15 bits per heavy atom. The molecule has 102 valence electrons. The highest BCUT2D eigenvalue weighted by molar-refractivity contribution is 5.72. The number of carboxylic acids is 1. The summed E-state index contributed by atoms with van der Waals surface area (Å²) >= 11 is 0. The van der Waals surface area contributed by atoms with Gasteiger partial charge in [0.1, 0.15) is 6.04 Å². The number of hydrogen-bond donors (Lipinski definition) is 1. The first-order valence-corrected chi connectivity index (χ1v) is 6.33. The van der Waals surface area contributed by atoms with Crippen molar-refractivity contribution >= 4 is 5.97 Å². The topological polar surface area (TPSA) is 66.7 Å². The third-order valence-corrected chi connectivity index (χ3v) is 3.17. The molecule has 0 aliphatic carbocycles. The molecule has 20 heavy (non-hydrogen) atoms. The molecule has 1 atom stereocenters. The lowest BCUT2D eigenvalue weighted by atomic mass is 9.99. The molecule has 0 amide bonds. The molecule has 0 heterocycles. The van der Waals surface area contributed by atoms with Crippen LogP contribution in [0.25, 0.3) is 11.1 Å². The van der Waals surface area contributed by atoms with Crippen LogP contribution in [-0.4, -0.2) is 11.1 Å². The molecule has 0 radical (unpaired) electrons. The maximum Gasteiger partial charge on any atom is 0.307 e. The van der Waals surface area contributed by atoms with Gasteiger partial charge in [0.15, 0.2) is 0 Å². The second-order valence-corrected chi connectivity index (χ2v) is 4.67. The average Bonchev–Trinajstić information content (AvgIpc) is 2.46. The smallest absolute Gasteiger partial charge is 0.307 e. The van der Waals surface area contributed by atoms with Crippen molar-refractivity contribution in [1.29, 1.82) is 0 Å². The Morgan fingerprint density at radius 2 is 1.85 bits per heavy atom. The van der Waals surface area contributed by atoms with E-state index in [0.717, 1.165) is 22.3 Å². The third kappa shape index (κ3) is 3.29. The van der Waals surface area contributed by atoms with Crippen molar-refractivity contribution in [3.05, 3.63) is 64.6 Å². The molecular formula is C16H15NO3. The van der Waals surface area contributed by atoms with E-state index >= 15 is 0 Å². The second-order valence-electron chi connectivity index (χ2n) is 4.67. The van der Waals surface area contributed by atoms with Crippen molar-refractivity contribution in [3.63, 3.8) is 0 Å². The molecule has 2 aromatic rings. The highest BCUT2D eigenvalue weighted by atomic mass is 16.4. The lowest BCUT2D eigenvalue weighted by Gasteiger charge is -2.07. The van der Waals surface area contributed by atoms with Gasteiger partial charge in [-0.05, 0) is 29.2 Å². The molecule has 0 aromatic heterocycles. The minimum Gasteiger partial charge on any atom is -0.481 e. The van der Waals surface area contributed by atoms with Gasteiger partial charge in [0.05, 0.1) is 6.42 Å². The highest BCUT2D eigenvalue weighted by Gasteiger charge is 2.06. The maximum atomic E-state index is 10.7. The van der Waals surface area contributed by atoms with Gasteiger partial charge in [-0.2, -0.15) is 4.91 Å². The zero-order valence-electron chi connectivity index (χ0n) is 11.1. The summed E-state index contributed by atoms with van der Waals surface area (Å²) in [5, 5.41) is 11.8. The van der Waals surface area contributed by atoms with Crippen LogP contribution in [0, 0.1) is 4.91 Å². The fraction of sp³-hybridized carbons (Fsp3) is 0.188. The fourth-order valence-electron chi connectivity index (χ4n) is 2.05. The Hall–Kier alpha value is -2.49. The number of carbonyl (C=O) groups is 1. The van der Waals surface area contributed by atoms with Crippen molar-refractivity contribution in [2.75, 3.05) is 0 Å². The monoisotopic (exact) mass is 269 g/mol. The molecular weight excluding hydrogens is 254 g/mol. The van der Waals surface area contributed by atoms with Gasteiger partial charge in [0.2, 0.25) is 0 Å². The van der Waals surface area contributed by atoms with Crippen LogP contribution in [0.2, 0.25) is 0 Å². The standard InChI is InChI=1S/C16H15NO3/c1-11(17-20)13-5-7-14(8-6-13)15-4-2-3-12(9-15)10-16(18)19/h2-9,11H,10H2,1H3,(H,18,19). The molecule has 0 saturated carbocycles. The molecule has 1 unspecified atom stereocenters. The van der Waals surface area contributed by atoms with Crippen LogP contribution in [0.5, 0.6) is 0 Å². The molecule has 4 heteroatoms. The SMILES string of the molecule is CC(N=O)c1ccc(-c2cccc(CC(=O)O)c2)cc1. The van der Waals surface area contributed by atoms with E-state index in [1.165, 1.54) is 0 Å². The minimum absolute atomic E-state index is 0.0119. The van der Waals surface area contributed by atoms with Crippen molar-refractivity contribution in [3.8, 4) is 11.1 Å². The van der Waals surface area contributed by atoms with Crippen molar-refractivity contribution in [2.45, 2.75) is 19.4 Å². The van der Waals surface area contributed by atoms with Gasteiger partial charge in [0, 0.05) is 0 Å². The second kappa shape index (κ2) is 6.10. The number of hydrogen-bond acceptors (Lipinski definition) is 3. The minimum atomic E-state index is -0.844. The van der Waals surface area contributed by atoms with Gasteiger partial charge in [-0.3, -0.25) is 4.79 Å². The summed E-state index contributed by atoms with van der Waals surface area (Å²) in [6.07, 6.45) is 0.0119. The summed E-state index contributed by atoms with van der Waals surface area (Å²) < 4.78 is 0. The molecule has 2 aromatic carbocycles. The first-order chi connectivity index (χ1) is 9.60. The number of nitrogens with zero attached hydrogens (tertiary/aromatic N) is 1. The van der Waals surface area contributed by atoms with E-state index in [2.05, 4.69) is 5.18 Å². The summed E-state index contributed by atoms with van der Waals surface area (Å²) in [7, 11) is 0. The Labute approximate surface area is 117 Å². The normalized spacial score (nSPS) is 11.8. The molecule has 0 aliphatic rings. The van der Waals surface area contributed by atoms with Crippen LogP contribution < -0.4 is 0 Å². The van der Waals surface area contributed by atoms with E-state index in [9.17, 15) is 9.70 Å². The van der Waals surface area contributed by atoms with Crippen LogP contribution in [0.3, 0.4) is 0 Å². The first-order valence-electron chi connectivity index (χ1n) is 6.33. The molecule has 0 saturated heterocycles. The Kier molecular flexibility index (Phi) is 4.25. The summed E-state index contributed by atoms with van der Waals surface area (Å²) in [6, 6.07) is 14.6. The molecule has 0 spiro atoms. The van der Waals surface area contributed by atoms with E-state index in [4.69, 9.17) is 5.11 Å². The molecule has 2 rings (SSSR count).